The first-order valence-corrected chi connectivity index (χ1v) is 11.6. The van der Waals surface area contributed by atoms with Crippen LogP contribution in [0.3, 0.4) is 0 Å². The van der Waals surface area contributed by atoms with Crippen LogP contribution in [0.25, 0.3) is 0 Å². The van der Waals surface area contributed by atoms with Crippen molar-refractivity contribution in [3.8, 4) is 0 Å². The average molecular weight is 434 g/mol. The molecule has 4 rings (SSSR count). The second kappa shape index (κ2) is 9.09. The zero-order valence-corrected chi connectivity index (χ0v) is 18.5. The van der Waals surface area contributed by atoms with E-state index in [2.05, 4.69) is 12.2 Å². The molecule has 2 aliphatic carbocycles. The van der Waals surface area contributed by atoms with Gasteiger partial charge in [-0.3, -0.25) is 9.48 Å². The van der Waals surface area contributed by atoms with Crippen LogP contribution in [0.5, 0.6) is 0 Å². The number of rotatable bonds is 5. The molecule has 1 fully saturated rings. The summed E-state index contributed by atoms with van der Waals surface area (Å²) in [4.78, 5) is 13.1. The highest BCUT2D eigenvalue weighted by Gasteiger charge is 2.28. The maximum absolute atomic E-state index is 13.1. The number of carbonyl (C=O) groups is 1. The molecule has 2 aromatic rings. The molecular formula is C23H29Cl2N3O. The lowest BCUT2D eigenvalue weighted by atomic mass is 9.84. The minimum absolute atomic E-state index is 0.00372. The number of carbonyl (C=O) groups excluding carboxylic acids is 1. The molecular weight excluding hydrogens is 405 g/mol. The van der Waals surface area contributed by atoms with Crippen molar-refractivity contribution in [3.63, 3.8) is 0 Å². The Bertz CT molecular complexity index is 884. The van der Waals surface area contributed by atoms with E-state index in [1.807, 2.05) is 22.9 Å². The molecule has 4 nitrogen and oxygen atoms in total. The summed E-state index contributed by atoms with van der Waals surface area (Å²) in [7, 11) is 0. The summed E-state index contributed by atoms with van der Waals surface area (Å²) in [5.74, 6) is 0.817. The molecule has 1 aromatic heterocycles. The van der Waals surface area contributed by atoms with Gasteiger partial charge in [-0.25, -0.2) is 0 Å². The normalized spacial score (nSPS) is 21.6. The molecule has 29 heavy (non-hydrogen) atoms. The number of benzene rings is 1. The van der Waals surface area contributed by atoms with Crippen molar-refractivity contribution in [1.82, 2.24) is 15.1 Å². The van der Waals surface area contributed by atoms with E-state index in [-0.39, 0.29) is 11.9 Å². The molecule has 0 unspecified atom stereocenters. The minimum atomic E-state index is -0.00372. The van der Waals surface area contributed by atoms with Crippen LogP contribution in [-0.4, -0.2) is 21.7 Å². The van der Waals surface area contributed by atoms with Crippen LogP contribution in [0.15, 0.2) is 18.2 Å². The van der Waals surface area contributed by atoms with Crippen molar-refractivity contribution < 1.29 is 4.79 Å². The van der Waals surface area contributed by atoms with E-state index in [1.165, 1.54) is 25.0 Å². The number of fused-ring (bicyclic) bond motifs is 1. The number of amides is 1. The molecule has 1 aromatic carbocycles. The number of halogens is 2. The van der Waals surface area contributed by atoms with Crippen LogP contribution < -0.4 is 5.32 Å². The second-order valence-corrected chi connectivity index (χ2v) is 9.30. The van der Waals surface area contributed by atoms with E-state index >= 15 is 0 Å². The molecule has 156 valence electrons. The van der Waals surface area contributed by atoms with E-state index in [4.69, 9.17) is 28.3 Å². The molecule has 1 amide bonds. The van der Waals surface area contributed by atoms with E-state index < -0.39 is 0 Å². The maximum atomic E-state index is 13.1. The van der Waals surface area contributed by atoms with Crippen LogP contribution in [0.4, 0.5) is 0 Å². The fourth-order valence-corrected chi connectivity index (χ4v) is 5.08. The van der Waals surface area contributed by atoms with Crippen molar-refractivity contribution in [2.45, 2.75) is 77.3 Å². The summed E-state index contributed by atoms with van der Waals surface area (Å²) in [6.45, 7) is 2.87. The molecule has 0 atom stereocenters. The molecule has 0 radical (unpaired) electrons. The highest BCUT2D eigenvalue weighted by Crippen LogP contribution is 2.29. The van der Waals surface area contributed by atoms with Crippen LogP contribution in [0, 0.1) is 5.92 Å². The largest absolute Gasteiger partial charge is 0.348 e. The number of nitrogens with zero attached hydrogens (tertiary/aromatic N) is 2. The molecule has 6 heteroatoms. The Morgan fingerprint density at radius 2 is 1.90 bits per heavy atom. The first-order chi connectivity index (χ1) is 14.0. The SMILES string of the molecule is CCC1CCC(NC(=O)c2nn(Cc3ccc(Cl)c(Cl)c3)c3c2CCCC3)CC1. The Hall–Kier alpha value is -1.52. The molecule has 1 saturated carbocycles. The van der Waals surface area contributed by atoms with Crippen molar-refractivity contribution in [3.05, 3.63) is 50.8 Å². The number of hydrogen-bond donors (Lipinski definition) is 1. The quantitative estimate of drug-likeness (QED) is 0.645. The highest BCUT2D eigenvalue weighted by atomic mass is 35.5. The third-order valence-corrected chi connectivity index (χ3v) is 7.29. The summed E-state index contributed by atoms with van der Waals surface area (Å²) in [5, 5.41) is 9.13. The van der Waals surface area contributed by atoms with E-state index in [0.29, 0.717) is 22.3 Å². The lowest BCUT2D eigenvalue weighted by Crippen LogP contribution is -2.38. The van der Waals surface area contributed by atoms with Gasteiger partial charge in [0, 0.05) is 17.3 Å². The summed E-state index contributed by atoms with van der Waals surface area (Å²) in [6, 6.07) is 5.95. The van der Waals surface area contributed by atoms with Gasteiger partial charge in [0.05, 0.1) is 16.6 Å². The lowest BCUT2D eigenvalue weighted by molar-refractivity contribution is 0.0914. The third-order valence-electron chi connectivity index (χ3n) is 6.55. The predicted octanol–water partition coefficient (Wildman–Crippen LogP) is 5.82. The number of aromatic nitrogens is 2. The van der Waals surface area contributed by atoms with Crippen molar-refractivity contribution >= 4 is 29.1 Å². The third kappa shape index (κ3) is 4.64. The van der Waals surface area contributed by atoms with Crippen molar-refractivity contribution in [1.29, 1.82) is 0 Å². The summed E-state index contributed by atoms with van der Waals surface area (Å²) >= 11 is 12.2. The van der Waals surface area contributed by atoms with E-state index in [1.54, 1.807) is 0 Å². The van der Waals surface area contributed by atoms with Crippen molar-refractivity contribution in [2.24, 2.45) is 5.92 Å². The lowest BCUT2D eigenvalue weighted by Gasteiger charge is -2.28. The minimum Gasteiger partial charge on any atom is -0.348 e. The zero-order chi connectivity index (χ0) is 20.4. The number of nitrogens with one attached hydrogen (secondary N) is 1. The molecule has 0 saturated heterocycles. The van der Waals surface area contributed by atoms with Gasteiger partial charge in [-0.15, -0.1) is 0 Å². The summed E-state index contributed by atoms with van der Waals surface area (Å²) in [5.41, 5.74) is 4.00. The smallest absolute Gasteiger partial charge is 0.272 e. The van der Waals surface area contributed by atoms with Crippen LogP contribution in [0.2, 0.25) is 10.0 Å². The van der Waals surface area contributed by atoms with Gasteiger partial charge < -0.3 is 5.32 Å². The first-order valence-electron chi connectivity index (χ1n) is 10.9. The van der Waals surface area contributed by atoms with Crippen molar-refractivity contribution in [2.75, 3.05) is 0 Å². The summed E-state index contributed by atoms with van der Waals surface area (Å²) < 4.78 is 2.00. The second-order valence-electron chi connectivity index (χ2n) is 8.49. The predicted molar refractivity (Wildman–Crippen MR) is 118 cm³/mol. The van der Waals surface area contributed by atoms with Gasteiger partial charge in [0.25, 0.3) is 5.91 Å². The maximum Gasteiger partial charge on any atom is 0.272 e. The van der Waals surface area contributed by atoms with Gasteiger partial charge in [0.15, 0.2) is 5.69 Å². The molecule has 1 N–H and O–H groups in total. The van der Waals surface area contributed by atoms with Gasteiger partial charge in [0.2, 0.25) is 0 Å². The molecule has 1 heterocycles. The van der Waals surface area contributed by atoms with E-state index in [0.717, 1.165) is 55.6 Å². The van der Waals surface area contributed by atoms with Gasteiger partial charge >= 0.3 is 0 Å². The van der Waals surface area contributed by atoms with Crippen LogP contribution >= 0.6 is 23.2 Å². The molecule has 2 aliphatic rings. The fraction of sp³-hybridized carbons (Fsp3) is 0.565. The van der Waals surface area contributed by atoms with Crippen LogP contribution in [-0.2, 0) is 19.4 Å². The topological polar surface area (TPSA) is 46.9 Å². The van der Waals surface area contributed by atoms with Gasteiger partial charge in [0.1, 0.15) is 0 Å². The Morgan fingerprint density at radius 3 is 2.62 bits per heavy atom. The van der Waals surface area contributed by atoms with Gasteiger partial charge in [-0.05, 0) is 75.0 Å². The first kappa shape index (κ1) is 20.7. The van der Waals surface area contributed by atoms with Crippen LogP contribution in [0.1, 0.15) is 79.2 Å². The highest BCUT2D eigenvalue weighted by molar-refractivity contribution is 6.42. The Labute approximate surface area is 183 Å². The Balaban J connectivity index is 1.53. The van der Waals surface area contributed by atoms with Gasteiger partial charge in [-0.1, -0.05) is 42.6 Å². The summed E-state index contributed by atoms with van der Waals surface area (Å²) in [6.07, 6.45) is 9.99. The monoisotopic (exact) mass is 433 g/mol. The Kier molecular flexibility index (Phi) is 6.50. The fourth-order valence-electron chi connectivity index (χ4n) is 4.76. The molecule has 0 spiro atoms. The van der Waals surface area contributed by atoms with Gasteiger partial charge in [-0.2, -0.15) is 5.10 Å². The Morgan fingerprint density at radius 1 is 1.14 bits per heavy atom. The molecule has 0 bridgehead atoms. The zero-order valence-electron chi connectivity index (χ0n) is 17.0. The number of hydrogen-bond acceptors (Lipinski definition) is 2. The molecule has 0 aliphatic heterocycles. The standard InChI is InChI=1S/C23H29Cl2N3O/c1-2-15-7-10-17(11-8-15)26-23(29)22-18-5-3-4-6-21(18)28(27-22)14-16-9-12-19(24)20(25)13-16/h9,12-13,15,17H,2-8,10-11,14H2,1H3,(H,26,29). The average Bonchev–Trinajstić information content (AvgIpc) is 3.10. The van der Waals surface area contributed by atoms with E-state index in [9.17, 15) is 4.79 Å².